The van der Waals surface area contributed by atoms with Crippen LogP contribution in [0.5, 0.6) is 0 Å². The van der Waals surface area contributed by atoms with E-state index in [1.165, 1.54) is 28.5 Å². The van der Waals surface area contributed by atoms with Gasteiger partial charge in [-0.2, -0.15) is 4.31 Å². The summed E-state index contributed by atoms with van der Waals surface area (Å²) in [6.45, 7) is 1.55. The van der Waals surface area contributed by atoms with E-state index in [0.717, 1.165) is 13.0 Å². The molecule has 1 aromatic heterocycles. The first kappa shape index (κ1) is 13.0. The highest BCUT2D eigenvalue weighted by molar-refractivity contribution is 7.91. The van der Waals surface area contributed by atoms with Crippen molar-refractivity contribution in [3.8, 4) is 0 Å². The van der Waals surface area contributed by atoms with Gasteiger partial charge in [-0.25, -0.2) is 8.42 Å². The van der Waals surface area contributed by atoms with Crippen LogP contribution in [0, 0.1) is 0 Å². The molecule has 1 N–H and O–H groups in total. The van der Waals surface area contributed by atoms with Crippen LogP contribution in [0.1, 0.15) is 19.3 Å². The zero-order valence-electron chi connectivity index (χ0n) is 9.93. The molecule has 1 aromatic rings. The molecule has 0 unspecified atom stereocenters. The summed E-state index contributed by atoms with van der Waals surface area (Å²) in [5.74, 6) is 0. The third kappa shape index (κ3) is 3.07. The second-order valence-electron chi connectivity index (χ2n) is 4.36. The monoisotopic (exact) mass is 274 g/mol. The van der Waals surface area contributed by atoms with Crippen molar-refractivity contribution >= 4 is 21.4 Å². The highest BCUT2D eigenvalue weighted by Gasteiger charge is 2.25. The van der Waals surface area contributed by atoms with E-state index >= 15 is 0 Å². The third-order valence-electron chi connectivity index (χ3n) is 3.05. The van der Waals surface area contributed by atoms with Gasteiger partial charge in [0.05, 0.1) is 0 Å². The molecule has 6 heteroatoms. The Balaban J connectivity index is 2.01. The Morgan fingerprint density at radius 1 is 1.53 bits per heavy atom. The molecule has 4 nitrogen and oxygen atoms in total. The quantitative estimate of drug-likeness (QED) is 0.905. The predicted molar refractivity (Wildman–Crippen MR) is 69.8 cm³/mol. The van der Waals surface area contributed by atoms with Gasteiger partial charge in [-0.1, -0.05) is 12.5 Å². The molecule has 1 atom stereocenters. The van der Waals surface area contributed by atoms with Crippen molar-refractivity contribution in [3.05, 3.63) is 17.5 Å². The molecule has 0 aromatic carbocycles. The summed E-state index contributed by atoms with van der Waals surface area (Å²) in [6, 6.07) is 3.72. The van der Waals surface area contributed by atoms with Crippen LogP contribution in [0.2, 0.25) is 0 Å². The van der Waals surface area contributed by atoms with Gasteiger partial charge in [-0.15, -0.1) is 11.3 Å². The summed E-state index contributed by atoms with van der Waals surface area (Å²) >= 11 is 1.27. The van der Waals surface area contributed by atoms with Crippen molar-refractivity contribution in [3.63, 3.8) is 0 Å². The Kier molecular flexibility index (Phi) is 4.19. The molecule has 0 spiro atoms. The lowest BCUT2D eigenvalue weighted by Crippen LogP contribution is -2.44. The van der Waals surface area contributed by atoms with Gasteiger partial charge >= 0.3 is 0 Å². The summed E-state index contributed by atoms with van der Waals surface area (Å²) in [5.41, 5.74) is 0. The summed E-state index contributed by atoms with van der Waals surface area (Å²) in [6.07, 6.45) is 3.44. The van der Waals surface area contributed by atoms with Crippen LogP contribution in [0.4, 0.5) is 0 Å². The van der Waals surface area contributed by atoms with Crippen LogP contribution in [0.25, 0.3) is 0 Å². The van der Waals surface area contributed by atoms with Crippen LogP contribution < -0.4 is 5.32 Å². The van der Waals surface area contributed by atoms with Gasteiger partial charge in [-0.05, 0) is 30.8 Å². The van der Waals surface area contributed by atoms with Crippen LogP contribution in [0.3, 0.4) is 0 Å². The fourth-order valence-corrected chi connectivity index (χ4v) is 4.47. The maximum atomic E-state index is 12.2. The highest BCUT2D eigenvalue weighted by Crippen LogP contribution is 2.20. The molecular formula is C11H18N2O2S2. The summed E-state index contributed by atoms with van der Waals surface area (Å²) in [7, 11) is -1.63. The fourth-order valence-electron chi connectivity index (χ4n) is 2.05. The fraction of sp³-hybridized carbons (Fsp3) is 0.636. The first-order valence-corrected chi connectivity index (χ1v) is 8.16. The van der Waals surface area contributed by atoms with E-state index < -0.39 is 10.0 Å². The molecule has 2 rings (SSSR count). The molecule has 1 saturated heterocycles. The summed E-state index contributed by atoms with van der Waals surface area (Å²) < 4.78 is 26.2. The average Bonchev–Trinajstić information content (AvgIpc) is 2.84. The molecule has 1 aliphatic rings. The Morgan fingerprint density at radius 2 is 2.35 bits per heavy atom. The molecule has 2 heterocycles. The number of piperidine rings is 1. The minimum Gasteiger partial charge on any atom is -0.313 e. The van der Waals surface area contributed by atoms with E-state index in [4.69, 9.17) is 0 Å². The zero-order chi connectivity index (χ0) is 12.3. The van der Waals surface area contributed by atoms with Gasteiger partial charge < -0.3 is 5.32 Å². The lowest BCUT2D eigenvalue weighted by Gasteiger charge is -2.27. The van der Waals surface area contributed by atoms with Crippen molar-refractivity contribution in [1.29, 1.82) is 0 Å². The van der Waals surface area contributed by atoms with E-state index in [9.17, 15) is 8.42 Å². The van der Waals surface area contributed by atoms with Gasteiger partial charge in [0.25, 0.3) is 10.0 Å². The van der Waals surface area contributed by atoms with Gasteiger partial charge in [0.15, 0.2) is 0 Å². The van der Waals surface area contributed by atoms with Crippen molar-refractivity contribution in [2.45, 2.75) is 29.5 Å². The van der Waals surface area contributed by atoms with E-state index in [1.54, 1.807) is 24.6 Å². The zero-order valence-corrected chi connectivity index (χ0v) is 11.6. The maximum Gasteiger partial charge on any atom is 0.252 e. The van der Waals surface area contributed by atoms with Crippen LogP contribution in [0.15, 0.2) is 21.7 Å². The SMILES string of the molecule is CN(C[C@H]1CCCCN1)S(=O)(=O)c1cccs1. The van der Waals surface area contributed by atoms with E-state index in [1.807, 2.05) is 0 Å². The first-order chi connectivity index (χ1) is 8.10. The molecule has 96 valence electrons. The highest BCUT2D eigenvalue weighted by atomic mass is 32.2. The Hall–Kier alpha value is -0.430. The van der Waals surface area contributed by atoms with Crippen molar-refractivity contribution in [2.24, 2.45) is 0 Å². The molecule has 1 aliphatic heterocycles. The predicted octanol–water partition coefficient (Wildman–Crippen LogP) is 1.51. The topological polar surface area (TPSA) is 49.4 Å². The van der Waals surface area contributed by atoms with Gasteiger partial charge in [0.2, 0.25) is 0 Å². The largest absolute Gasteiger partial charge is 0.313 e. The number of rotatable bonds is 4. The van der Waals surface area contributed by atoms with Gasteiger partial charge in [0.1, 0.15) is 4.21 Å². The molecule has 17 heavy (non-hydrogen) atoms. The normalized spacial score (nSPS) is 21.9. The average molecular weight is 274 g/mol. The van der Waals surface area contributed by atoms with Crippen LogP contribution >= 0.6 is 11.3 Å². The lowest BCUT2D eigenvalue weighted by molar-refractivity contribution is 0.338. The van der Waals surface area contributed by atoms with Crippen LogP contribution in [-0.4, -0.2) is 38.9 Å². The lowest BCUT2D eigenvalue weighted by atomic mass is 10.1. The first-order valence-electron chi connectivity index (χ1n) is 5.84. The number of nitrogens with zero attached hydrogens (tertiary/aromatic N) is 1. The van der Waals surface area contributed by atoms with E-state index in [2.05, 4.69) is 5.32 Å². The molecule has 0 radical (unpaired) electrons. The van der Waals surface area contributed by atoms with Crippen molar-refractivity contribution in [1.82, 2.24) is 9.62 Å². The summed E-state index contributed by atoms with van der Waals surface area (Å²) in [4.78, 5) is 0. The second-order valence-corrected chi connectivity index (χ2v) is 7.58. The Morgan fingerprint density at radius 3 is 2.94 bits per heavy atom. The number of thiophene rings is 1. The number of hydrogen-bond donors (Lipinski definition) is 1. The Bertz CT molecular complexity index is 436. The number of nitrogens with one attached hydrogen (secondary N) is 1. The minimum absolute atomic E-state index is 0.295. The molecule has 0 bridgehead atoms. The standard InChI is InChI=1S/C11H18N2O2S2/c1-13(9-10-5-2-3-7-12-10)17(14,15)11-6-4-8-16-11/h4,6,8,10,12H,2-3,5,7,9H2,1H3/t10-/m1/s1. The molecule has 0 aliphatic carbocycles. The number of sulfonamides is 1. The second kappa shape index (κ2) is 5.48. The molecular weight excluding hydrogens is 256 g/mol. The van der Waals surface area contributed by atoms with Gasteiger partial charge in [0, 0.05) is 19.6 Å². The van der Waals surface area contributed by atoms with E-state index in [0.29, 0.717) is 16.8 Å². The number of hydrogen-bond acceptors (Lipinski definition) is 4. The van der Waals surface area contributed by atoms with Crippen molar-refractivity contribution < 1.29 is 8.42 Å². The van der Waals surface area contributed by atoms with Gasteiger partial charge in [-0.3, -0.25) is 0 Å². The molecule has 0 saturated carbocycles. The van der Waals surface area contributed by atoms with Crippen LogP contribution in [-0.2, 0) is 10.0 Å². The Labute approximate surface area is 107 Å². The molecule has 0 amide bonds. The van der Waals surface area contributed by atoms with Crippen molar-refractivity contribution in [2.75, 3.05) is 20.1 Å². The number of likely N-dealkylation sites (N-methyl/N-ethyl adjacent to an activating group) is 1. The molecule has 1 fully saturated rings. The van der Waals surface area contributed by atoms with E-state index in [-0.39, 0.29) is 0 Å². The smallest absolute Gasteiger partial charge is 0.252 e. The maximum absolute atomic E-state index is 12.2. The minimum atomic E-state index is -3.28. The third-order valence-corrected chi connectivity index (χ3v) is 6.25. The summed E-state index contributed by atoms with van der Waals surface area (Å²) in [5, 5.41) is 5.16.